The van der Waals surface area contributed by atoms with Gasteiger partial charge in [0.15, 0.2) is 0 Å². The van der Waals surface area contributed by atoms with Crippen LogP contribution in [0.4, 0.5) is 0 Å². The summed E-state index contributed by atoms with van der Waals surface area (Å²) < 4.78 is 9.83. The maximum absolute atomic E-state index is 11.9. The summed E-state index contributed by atoms with van der Waals surface area (Å²) in [6.07, 6.45) is 3.83. The Labute approximate surface area is 117 Å². The van der Waals surface area contributed by atoms with Crippen molar-refractivity contribution in [2.24, 2.45) is 5.92 Å². The van der Waals surface area contributed by atoms with Crippen LogP contribution in [0.15, 0.2) is 24.3 Å². The molecule has 0 aromatic heterocycles. The number of hydrogen-bond donors (Lipinski definition) is 1. The quantitative estimate of drug-likeness (QED) is 0.586. The molecule has 2 unspecified atom stereocenters. The van der Waals surface area contributed by atoms with Gasteiger partial charge in [-0.25, -0.2) is 9.59 Å². The molecule has 0 heterocycles. The van der Waals surface area contributed by atoms with E-state index < -0.39 is 29.9 Å². The van der Waals surface area contributed by atoms with Crippen LogP contribution in [-0.4, -0.2) is 35.7 Å². The zero-order valence-electron chi connectivity index (χ0n) is 11.3. The Kier molecular flexibility index (Phi) is 5.96. The number of carboxylic acids is 1. The Morgan fingerprint density at radius 3 is 2.85 bits per heavy atom. The van der Waals surface area contributed by atoms with E-state index in [1.54, 1.807) is 13.0 Å². The van der Waals surface area contributed by atoms with E-state index in [2.05, 4.69) is 6.58 Å². The summed E-state index contributed by atoms with van der Waals surface area (Å²) in [7, 11) is 0. The van der Waals surface area contributed by atoms with Crippen LogP contribution in [0.1, 0.15) is 26.2 Å². The first-order valence-electron chi connectivity index (χ1n) is 6.38. The number of carbonyl (C=O) groups excluding carboxylic acids is 2. The van der Waals surface area contributed by atoms with Crippen molar-refractivity contribution in [2.75, 3.05) is 6.61 Å². The van der Waals surface area contributed by atoms with E-state index in [-0.39, 0.29) is 12.2 Å². The van der Waals surface area contributed by atoms with E-state index in [1.165, 1.54) is 0 Å². The smallest absolute Gasteiger partial charge is 0.334 e. The second-order valence-corrected chi connectivity index (χ2v) is 4.53. The zero-order chi connectivity index (χ0) is 15.1. The van der Waals surface area contributed by atoms with Crippen LogP contribution in [0.3, 0.4) is 0 Å². The van der Waals surface area contributed by atoms with Crippen molar-refractivity contribution in [1.29, 1.82) is 0 Å². The highest BCUT2D eigenvalue weighted by Gasteiger charge is 2.30. The lowest BCUT2D eigenvalue weighted by molar-refractivity contribution is -0.153. The van der Waals surface area contributed by atoms with Crippen LogP contribution in [0.25, 0.3) is 0 Å². The predicted molar refractivity (Wildman–Crippen MR) is 69.8 cm³/mol. The molecule has 0 fully saturated rings. The highest BCUT2D eigenvalue weighted by atomic mass is 16.6. The molecule has 0 aliphatic heterocycles. The standard InChI is InChI=1S/C14H18O6/c1-3-12(15)20-9(2)8-19-14(18)11-7-5-4-6-10(11)13(16)17/h3,7,9-10H,1,4-6,8H2,2H3,(H,16,17). The SMILES string of the molecule is C=CC(=O)OC(C)COC(=O)C1=CCCCC1C(=O)O. The van der Waals surface area contributed by atoms with Gasteiger partial charge < -0.3 is 14.6 Å². The van der Waals surface area contributed by atoms with Crippen molar-refractivity contribution >= 4 is 17.9 Å². The van der Waals surface area contributed by atoms with Gasteiger partial charge >= 0.3 is 17.9 Å². The maximum atomic E-state index is 11.9. The molecule has 0 radical (unpaired) electrons. The van der Waals surface area contributed by atoms with E-state index in [4.69, 9.17) is 14.6 Å². The maximum Gasteiger partial charge on any atom is 0.334 e. The van der Waals surface area contributed by atoms with Crippen molar-refractivity contribution in [3.05, 3.63) is 24.3 Å². The van der Waals surface area contributed by atoms with E-state index >= 15 is 0 Å². The highest BCUT2D eigenvalue weighted by Crippen LogP contribution is 2.26. The van der Waals surface area contributed by atoms with E-state index in [9.17, 15) is 14.4 Å². The van der Waals surface area contributed by atoms with Gasteiger partial charge in [-0.2, -0.15) is 0 Å². The molecule has 1 rings (SSSR count). The largest absolute Gasteiger partial charge is 0.481 e. The Bertz CT molecular complexity index is 437. The molecule has 0 amide bonds. The summed E-state index contributed by atoms with van der Waals surface area (Å²) in [4.78, 5) is 33.9. The van der Waals surface area contributed by atoms with Crippen LogP contribution in [0, 0.1) is 5.92 Å². The Morgan fingerprint density at radius 2 is 2.25 bits per heavy atom. The Morgan fingerprint density at radius 1 is 1.55 bits per heavy atom. The first kappa shape index (κ1) is 15.9. The first-order valence-corrected chi connectivity index (χ1v) is 6.38. The van der Waals surface area contributed by atoms with Crippen molar-refractivity contribution < 1.29 is 29.0 Å². The fraction of sp³-hybridized carbons (Fsp3) is 0.500. The normalized spacial score (nSPS) is 19.4. The molecule has 0 aromatic rings. The monoisotopic (exact) mass is 282 g/mol. The van der Waals surface area contributed by atoms with Crippen molar-refractivity contribution in [3.63, 3.8) is 0 Å². The Balaban J connectivity index is 2.53. The summed E-state index contributed by atoms with van der Waals surface area (Å²) in [5.41, 5.74) is 0.172. The molecule has 1 aliphatic rings. The molecule has 0 saturated heterocycles. The average molecular weight is 282 g/mol. The third kappa shape index (κ3) is 4.53. The number of ether oxygens (including phenoxy) is 2. The number of carboxylic acid groups (broad SMARTS) is 1. The average Bonchev–Trinajstić information content (AvgIpc) is 2.44. The number of aliphatic carboxylic acids is 1. The molecule has 20 heavy (non-hydrogen) atoms. The molecule has 110 valence electrons. The van der Waals surface area contributed by atoms with Gasteiger partial charge in [0.1, 0.15) is 12.7 Å². The fourth-order valence-corrected chi connectivity index (χ4v) is 1.92. The molecule has 0 saturated carbocycles. The number of carbonyl (C=O) groups is 3. The van der Waals surface area contributed by atoms with E-state index in [0.29, 0.717) is 12.8 Å². The first-order chi connectivity index (χ1) is 9.45. The van der Waals surface area contributed by atoms with Gasteiger partial charge in [0.05, 0.1) is 5.92 Å². The third-order valence-corrected chi connectivity index (χ3v) is 2.90. The second-order valence-electron chi connectivity index (χ2n) is 4.53. The number of hydrogen-bond acceptors (Lipinski definition) is 5. The third-order valence-electron chi connectivity index (χ3n) is 2.90. The van der Waals surface area contributed by atoms with Crippen LogP contribution in [0.5, 0.6) is 0 Å². The van der Waals surface area contributed by atoms with E-state index in [1.807, 2.05) is 0 Å². The minimum absolute atomic E-state index is 0.123. The van der Waals surface area contributed by atoms with Gasteiger partial charge in [-0.15, -0.1) is 0 Å². The summed E-state index contributed by atoms with van der Waals surface area (Å²) in [6.45, 7) is 4.70. The van der Waals surface area contributed by atoms with Crippen LogP contribution >= 0.6 is 0 Å². The molecule has 0 aromatic carbocycles. The van der Waals surface area contributed by atoms with Crippen molar-refractivity contribution in [2.45, 2.75) is 32.3 Å². The van der Waals surface area contributed by atoms with Gasteiger partial charge in [-0.3, -0.25) is 4.79 Å². The van der Waals surface area contributed by atoms with Crippen LogP contribution in [0.2, 0.25) is 0 Å². The van der Waals surface area contributed by atoms with Gasteiger partial charge in [0, 0.05) is 11.6 Å². The van der Waals surface area contributed by atoms with Crippen molar-refractivity contribution in [3.8, 4) is 0 Å². The molecule has 1 aliphatic carbocycles. The van der Waals surface area contributed by atoms with Crippen LogP contribution < -0.4 is 0 Å². The zero-order valence-corrected chi connectivity index (χ0v) is 11.3. The topological polar surface area (TPSA) is 89.9 Å². The van der Waals surface area contributed by atoms with Gasteiger partial charge in [-0.05, 0) is 26.2 Å². The molecule has 0 bridgehead atoms. The number of esters is 2. The highest BCUT2D eigenvalue weighted by molar-refractivity contribution is 5.95. The lowest BCUT2D eigenvalue weighted by Gasteiger charge is -2.20. The summed E-state index contributed by atoms with van der Waals surface area (Å²) >= 11 is 0. The molecule has 6 heteroatoms. The van der Waals surface area contributed by atoms with Crippen LogP contribution in [-0.2, 0) is 23.9 Å². The van der Waals surface area contributed by atoms with Crippen molar-refractivity contribution in [1.82, 2.24) is 0 Å². The molecular formula is C14H18O6. The summed E-state index contributed by atoms with van der Waals surface area (Å²) in [6, 6.07) is 0. The van der Waals surface area contributed by atoms with Gasteiger partial charge in [0.2, 0.25) is 0 Å². The Hall–Kier alpha value is -2.11. The predicted octanol–water partition coefficient (Wildman–Crippen LogP) is 1.46. The lowest BCUT2D eigenvalue weighted by Crippen LogP contribution is -2.28. The molecule has 1 N–H and O–H groups in total. The summed E-state index contributed by atoms with van der Waals surface area (Å²) in [5, 5.41) is 9.06. The van der Waals surface area contributed by atoms with Gasteiger partial charge in [-0.1, -0.05) is 12.7 Å². The molecule has 0 spiro atoms. The second kappa shape index (κ2) is 7.47. The minimum atomic E-state index is -1.03. The number of allylic oxidation sites excluding steroid dienone is 1. The molecule has 6 nitrogen and oxygen atoms in total. The lowest BCUT2D eigenvalue weighted by atomic mass is 9.88. The molecule has 2 atom stereocenters. The minimum Gasteiger partial charge on any atom is -0.481 e. The summed E-state index contributed by atoms with van der Waals surface area (Å²) in [5.74, 6) is -3.12. The van der Waals surface area contributed by atoms with Gasteiger partial charge in [0.25, 0.3) is 0 Å². The number of rotatable bonds is 6. The molecular weight excluding hydrogens is 264 g/mol. The fourth-order valence-electron chi connectivity index (χ4n) is 1.92. The van der Waals surface area contributed by atoms with E-state index in [0.717, 1.165) is 12.5 Å².